The van der Waals surface area contributed by atoms with E-state index in [-0.39, 0.29) is 0 Å². The third-order valence-electron chi connectivity index (χ3n) is 4.63. The van der Waals surface area contributed by atoms with Gasteiger partial charge in [-0.15, -0.1) is 0 Å². The highest BCUT2D eigenvalue weighted by Gasteiger charge is 2.06. The minimum absolute atomic E-state index is 0.541. The summed E-state index contributed by atoms with van der Waals surface area (Å²) >= 11 is 0. The molecule has 3 aromatic carbocycles. The van der Waals surface area contributed by atoms with Crippen LogP contribution in [0.15, 0.2) is 109 Å². The fourth-order valence-corrected chi connectivity index (χ4v) is 3.21. The normalized spacial score (nSPS) is 10.7. The number of benzene rings is 3. The lowest BCUT2D eigenvalue weighted by Gasteiger charge is -2.10. The van der Waals surface area contributed by atoms with E-state index in [2.05, 4.69) is 17.1 Å². The number of ether oxygens (including phenoxy) is 2. The third kappa shape index (κ3) is 3.98. The van der Waals surface area contributed by atoms with Crippen molar-refractivity contribution in [3.05, 3.63) is 109 Å². The summed E-state index contributed by atoms with van der Waals surface area (Å²) in [6.07, 6.45) is 1.70. The molecular formula is C26H18N2O2. The number of nitrogens with zero attached hydrogens (tertiary/aromatic N) is 2. The highest BCUT2D eigenvalue weighted by Crippen LogP contribution is 2.30. The number of hydrogen-bond donors (Lipinski definition) is 0. The van der Waals surface area contributed by atoms with Crippen molar-refractivity contribution in [2.75, 3.05) is 0 Å². The van der Waals surface area contributed by atoms with Crippen molar-refractivity contribution in [1.82, 2.24) is 9.97 Å². The molecule has 4 heteroatoms. The predicted octanol–water partition coefficient (Wildman–Crippen LogP) is 6.88. The van der Waals surface area contributed by atoms with Crippen LogP contribution in [0.2, 0.25) is 0 Å². The summed E-state index contributed by atoms with van der Waals surface area (Å²) in [7, 11) is 0. The first kappa shape index (κ1) is 17.9. The number of pyridine rings is 2. The number of aromatic nitrogens is 2. The predicted molar refractivity (Wildman–Crippen MR) is 118 cm³/mol. The molecular weight excluding hydrogens is 372 g/mol. The Morgan fingerprint density at radius 1 is 0.567 bits per heavy atom. The molecule has 0 aliphatic heterocycles. The Kier molecular flexibility index (Phi) is 4.80. The van der Waals surface area contributed by atoms with Gasteiger partial charge in [-0.2, -0.15) is 0 Å². The zero-order valence-electron chi connectivity index (χ0n) is 16.1. The lowest BCUT2D eigenvalue weighted by Crippen LogP contribution is -1.89. The summed E-state index contributed by atoms with van der Waals surface area (Å²) in [4.78, 5) is 8.96. The van der Waals surface area contributed by atoms with E-state index >= 15 is 0 Å². The van der Waals surface area contributed by atoms with E-state index in [0.717, 1.165) is 27.9 Å². The maximum Gasteiger partial charge on any atom is 0.219 e. The van der Waals surface area contributed by atoms with Gasteiger partial charge in [0.15, 0.2) is 0 Å². The van der Waals surface area contributed by atoms with Gasteiger partial charge in [-0.25, -0.2) is 9.97 Å². The van der Waals surface area contributed by atoms with Crippen LogP contribution in [0, 0.1) is 0 Å². The summed E-state index contributed by atoms with van der Waals surface area (Å²) in [5, 5.41) is 1.12. The summed E-state index contributed by atoms with van der Waals surface area (Å²) in [6.45, 7) is 0. The van der Waals surface area contributed by atoms with Crippen molar-refractivity contribution in [2.45, 2.75) is 0 Å². The first-order valence-electron chi connectivity index (χ1n) is 9.66. The molecule has 2 aromatic heterocycles. The van der Waals surface area contributed by atoms with E-state index in [0.29, 0.717) is 17.4 Å². The summed E-state index contributed by atoms with van der Waals surface area (Å²) in [5.41, 5.74) is 2.88. The molecule has 0 spiro atoms. The van der Waals surface area contributed by atoms with Crippen molar-refractivity contribution in [1.29, 1.82) is 0 Å². The van der Waals surface area contributed by atoms with Crippen LogP contribution >= 0.6 is 0 Å². The molecule has 0 aliphatic carbocycles. The molecule has 0 aliphatic rings. The van der Waals surface area contributed by atoms with Gasteiger partial charge >= 0.3 is 0 Å². The zero-order chi connectivity index (χ0) is 20.2. The summed E-state index contributed by atoms with van der Waals surface area (Å²) in [5.74, 6) is 2.63. The quantitative estimate of drug-likeness (QED) is 0.328. The van der Waals surface area contributed by atoms with Gasteiger partial charge in [0, 0.05) is 29.3 Å². The van der Waals surface area contributed by atoms with Gasteiger partial charge in [0.1, 0.15) is 17.2 Å². The van der Waals surface area contributed by atoms with Crippen LogP contribution in [-0.4, -0.2) is 9.97 Å². The second kappa shape index (κ2) is 8.05. The lowest BCUT2D eigenvalue weighted by molar-refractivity contribution is 0.449. The summed E-state index contributed by atoms with van der Waals surface area (Å²) in [6, 6.07) is 33.2. The van der Waals surface area contributed by atoms with Crippen LogP contribution in [0.25, 0.3) is 22.2 Å². The molecule has 0 amide bonds. The standard InChI is InChI=1S/C26H18N2O2/c1-2-12-24-19(7-1)14-15-25(28-24)20-8-5-9-21(17-20)29-22-10-6-11-23(18-22)30-26-13-3-4-16-27-26/h1-18H. The molecule has 5 rings (SSSR count). The van der Waals surface area contributed by atoms with Gasteiger partial charge < -0.3 is 9.47 Å². The van der Waals surface area contributed by atoms with Crippen LogP contribution in [0.3, 0.4) is 0 Å². The van der Waals surface area contributed by atoms with Gasteiger partial charge in [0.05, 0.1) is 11.2 Å². The maximum absolute atomic E-state index is 6.08. The van der Waals surface area contributed by atoms with Gasteiger partial charge in [-0.05, 0) is 42.5 Å². The SMILES string of the molecule is c1ccc(Oc2cccc(Oc3cccc(-c4ccc5ccccc5n4)c3)c2)nc1. The van der Waals surface area contributed by atoms with Gasteiger partial charge in [-0.3, -0.25) is 0 Å². The molecule has 0 unspecified atom stereocenters. The van der Waals surface area contributed by atoms with Crippen LogP contribution in [-0.2, 0) is 0 Å². The van der Waals surface area contributed by atoms with E-state index in [1.54, 1.807) is 6.20 Å². The van der Waals surface area contributed by atoms with Crippen LogP contribution < -0.4 is 9.47 Å². The van der Waals surface area contributed by atoms with E-state index < -0.39 is 0 Å². The van der Waals surface area contributed by atoms with Crippen molar-refractivity contribution in [2.24, 2.45) is 0 Å². The van der Waals surface area contributed by atoms with Gasteiger partial charge in [0.2, 0.25) is 5.88 Å². The second-order valence-corrected chi connectivity index (χ2v) is 6.76. The smallest absolute Gasteiger partial charge is 0.219 e. The van der Waals surface area contributed by atoms with Crippen molar-refractivity contribution >= 4 is 10.9 Å². The van der Waals surface area contributed by atoms with Crippen LogP contribution in [0.4, 0.5) is 0 Å². The second-order valence-electron chi connectivity index (χ2n) is 6.76. The van der Waals surface area contributed by atoms with E-state index in [9.17, 15) is 0 Å². The fourth-order valence-electron chi connectivity index (χ4n) is 3.21. The first-order chi connectivity index (χ1) is 14.8. The molecule has 30 heavy (non-hydrogen) atoms. The minimum Gasteiger partial charge on any atom is -0.457 e. The third-order valence-corrected chi connectivity index (χ3v) is 4.63. The van der Waals surface area contributed by atoms with Crippen LogP contribution in [0.5, 0.6) is 23.1 Å². The number of fused-ring (bicyclic) bond motifs is 1. The van der Waals surface area contributed by atoms with Crippen molar-refractivity contribution in [3.63, 3.8) is 0 Å². The molecule has 2 heterocycles. The highest BCUT2D eigenvalue weighted by molar-refractivity contribution is 5.81. The minimum atomic E-state index is 0.541. The van der Waals surface area contributed by atoms with E-state index in [1.165, 1.54) is 0 Å². The molecule has 5 aromatic rings. The molecule has 4 nitrogen and oxygen atoms in total. The van der Waals surface area contributed by atoms with Crippen molar-refractivity contribution < 1.29 is 9.47 Å². The molecule has 0 bridgehead atoms. The van der Waals surface area contributed by atoms with Crippen LogP contribution in [0.1, 0.15) is 0 Å². The Balaban J connectivity index is 1.38. The monoisotopic (exact) mass is 390 g/mol. The topological polar surface area (TPSA) is 44.2 Å². The fraction of sp³-hybridized carbons (Fsp3) is 0. The first-order valence-corrected chi connectivity index (χ1v) is 9.66. The molecule has 0 atom stereocenters. The average Bonchev–Trinajstić information content (AvgIpc) is 2.80. The Morgan fingerprint density at radius 2 is 1.33 bits per heavy atom. The Hall–Kier alpha value is -4.18. The Morgan fingerprint density at radius 3 is 2.20 bits per heavy atom. The van der Waals surface area contributed by atoms with Crippen molar-refractivity contribution in [3.8, 4) is 34.4 Å². The molecule has 0 saturated carbocycles. The van der Waals surface area contributed by atoms with Gasteiger partial charge in [-0.1, -0.05) is 48.5 Å². The molecule has 0 radical (unpaired) electrons. The molecule has 144 valence electrons. The average molecular weight is 390 g/mol. The zero-order valence-corrected chi connectivity index (χ0v) is 16.1. The Labute approximate surface area is 174 Å². The van der Waals surface area contributed by atoms with E-state index in [1.807, 2.05) is 91.0 Å². The maximum atomic E-state index is 6.08. The number of hydrogen-bond acceptors (Lipinski definition) is 4. The largest absolute Gasteiger partial charge is 0.457 e. The Bertz CT molecular complexity index is 1300. The molecule has 0 fully saturated rings. The van der Waals surface area contributed by atoms with Gasteiger partial charge in [0.25, 0.3) is 0 Å². The lowest BCUT2D eigenvalue weighted by atomic mass is 10.1. The highest BCUT2D eigenvalue weighted by atomic mass is 16.5. The number of para-hydroxylation sites is 1. The number of rotatable bonds is 5. The molecule has 0 N–H and O–H groups in total. The van der Waals surface area contributed by atoms with E-state index in [4.69, 9.17) is 14.5 Å². The molecule has 0 saturated heterocycles. The summed E-state index contributed by atoms with van der Waals surface area (Å²) < 4.78 is 11.9.